The Balaban J connectivity index is 2.12. The minimum atomic E-state index is -0.699. The van der Waals surface area contributed by atoms with Crippen LogP contribution in [0.4, 0.5) is 5.69 Å². The summed E-state index contributed by atoms with van der Waals surface area (Å²) in [6.45, 7) is 5.82. The second-order valence-electron chi connectivity index (χ2n) is 5.69. The van der Waals surface area contributed by atoms with Gasteiger partial charge in [-0.25, -0.2) is 0 Å². The molecule has 0 spiro atoms. The maximum Gasteiger partial charge on any atom is 0.265 e. The minimum Gasteiger partial charge on any atom is -0.481 e. The van der Waals surface area contributed by atoms with E-state index in [1.54, 1.807) is 6.92 Å². The molecule has 0 aliphatic rings. The first kappa shape index (κ1) is 18.9. The molecule has 0 unspecified atom stereocenters. The van der Waals surface area contributed by atoms with E-state index in [0.29, 0.717) is 32.4 Å². The number of hydrogen-bond donors (Lipinski definition) is 1. The second-order valence-corrected chi connectivity index (χ2v) is 6.91. The third-order valence-electron chi connectivity index (χ3n) is 3.48. The molecule has 1 amide bonds. The van der Waals surface area contributed by atoms with E-state index in [2.05, 4.69) is 19.2 Å². The summed E-state index contributed by atoms with van der Waals surface area (Å²) in [6.07, 6.45) is -0.699. The quantitative estimate of drug-likeness (QED) is 0.623. The predicted octanol–water partition coefficient (Wildman–Crippen LogP) is 6.18. The lowest BCUT2D eigenvalue weighted by Gasteiger charge is -2.19. The number of benzene rings is 2. The Hall–Kier alpha value is -1.42. The van der Waals surface area contributed by atoms with Crippen LogP contribution in [0, 0.1) is 0 Å². The van der Waals surface area contributed by atoms with Crippen LogP contribution in [0.5, 0.6) is 5.75 Å². The summed E-state index contributed by atoms with van der Waals surface area (Å²) in [6, 6.07) is 10.7. The van der Waals surface area contributed by atoms with Crippen molar-refractivity contribution in [1.29, 1.82) is 0 Å². The number of ether oxygens (including phenoxy) is 1. The molecule has 0 aliphatic heterocycles. The molecule has 0 radical (unpaired) electrons. The number of nitrogens with one attached hydrogen (secondary N) is 1. The standard InChI is InChI=1S/C18H18Cl3NO2/c1-10(2)12-6-4-5-7-17(12)24-11(3)18(23)22-16-9-14(20)13(19)8-15(16)21/h4-11H,1-3H3,(H,22,23)/t11-/m0/s1. The molecule has 24 heavy (non-hydrogen) atoms. The maximum absolute atomic E-state index is 12.4. The number of carbonyl (C=O) groups is 1. The van der Waals surface area contributed by atoms with E-state index in [1.165, 1.54) is 12.1 Å². The van der Waals surface area contributed by atoms with Gasteiger partial charge < -0.3 is 10.1 Å². The molecule has 0 saturated heterocycles. The van der Waals surface area contributed by atoms with Crippen molar-refractivity contribution in [3.63, 3.8) is 0 Å². The third kappa shape index (κ3) is 4.56. The van der Waals surface area contributed by atoms with E-state index in [9.17, 15) is 4.79 Å². The SMILES string of the molecule is CC(C)c1ccccc1O[C@@H](C)C(=O)Nc1cc(Cl)c(Cl)cc1Cl. The molecular formula is C18H18Cl3NO2. The number of para-hydroxylation sites is 1. The largest absolute Gasteiger partial charge is 0.481 e. The number of halogens is 3. The lowest BCUT2D eigenvalue weighted by molar-refractivity contribution is -0.122. The van der Waals surface area contributed by atoms with Crippen molar-refractivity contribution in [1.82, 2.24) is 0 Å². The van der Waals surface area contributed by atoms with Crippen LogP contribution in [-0.4, -0.2) is 12.0 Å². The van der Waals surface area contributed by atoms with Crippen LogP contribution in [0.15, 0.2) is 36.4 Å². The van der Waals surface area contributed by atoms with Crippen molar-refractivity contribution in [2.24, 2.45) is 0 Å². The van der Waals surface area contributed by atoms with Gasteiger partial charge in [0.05, 0.1) is 20.8 Å². The Morgan fingerprint density at radius 1 is 1.00 bits per heavy atom. The highest BCUT2D eigenvalue weighted by molar-refractivity contribution is 6.44. The molecule has 0 aliphatic carbocycles. The lowest BCUT2D eigenvalue weighted by atomic mass is 10.0. The Labute approximate surface area is 156 Å². The fourth-order valence-corrected chi connectivity index (χ4v) is 2.76. The van der Waals surface area contributed by atoms with Crippen molar-refractivity contribution in [3.05, 3.63) is 57.0 Å². The topological polar surface area (TPSA) is 38.3 Å². The zero-order valence-electron chi connectivity index (χ0n) is 13.6. The molecule has 128 valence electrons. The molecule has 3 nitrogen and oxygen atoms in total. The Morgan fingerprint density at radius 3 is 2.29 bits per heavy atom. The first-order valence-electron chi connectivity index (χ1n) is 7.50. The van der Waals surface area contributed by atoms with Crippen molar-refractivity contribution in [2.45, 2.75) is 32.8 Å². The van der Waals surface area contributed by atoms with E-state index in [0.717, 1.165) is 5.56 Å². The van der Waals surface area contributed by atoms with Crippen LogP contribution >= 0.6 is 34.8 Å². The van der Waals surface area contributed by atoms with Crippen molar-refractivity contribution >= 4 is 46.4 Å². The van der Waals surface area contributed by atoms with Crippen LogP contribution in [0.3, 0.4) is 0 Å². The molecule has 1 N–H and O–H groups in total. The van der Waals surface area contributed by atoms with Crippen LogP contribution in [0.1, 0.15) is 32.3 Å². The van der Waals surface area contributed by atoms with Crippen LogP contribution < -0.4 is 10.1 Å². The van der Waals surface area contributed by atoms with Gasteiger partial charge in [0.15, 0.2) is 6.10 Å². The molecule has 0 aromatic heterocycles. The smallest absolute Gasteiger partial charge is 0.265 e. The summed E-state index contributed by atoms with van der Waals surface area (Å²) in [5.74, 6) is 0.658. The van der Waals surface area contributed by atoms with Gasteiger partial charge in [-0.2, -0.15) is 0 Å². The van der Waals surface area contributed by atoms with Crippen molar-refractivity contribution in [3.8, 4) is 5.75 Å². The zero-order valence-corrected chi connectivity index (χ0v) is 15.8. The first-order chi connectivity index (χ1) is 11.3. The van der Waals surface area contributed by atoms with E-state index >= 15 is 0 Å². The van der Waals surface area contributed by atoms with Gasteiger partial charge in [-0.05, 0) is 36.6 Å². The summed E-state index contributed by atoms with van der Waals surface area (Å²) >= 11 is 17.9. The summed E-state index contributed by atoms with van der Waals surface area (Å²) in [4.78, 5) is 12.4. The number of hydrogen-bond acceptors (Lipinski definition) is 2. The Bertz CT molecular complexity index is 747. The number of rotatable bonds is 5. The van der Waals surface area contributed by atoms with Gasteiger partial charge in [0.2, 0.25) is 0 Å². The van der Waals surface area contributed by atoms with E-state index in [-0.39, 0.29) is 5.91 Å². The zero-order chi connectivity index (χ0) is 17.9. The third-order valence-corrected chi connectivity index (χ3v) is 4.52. The number of amides is 1. The first-order valence-corrected chi connectivity index (χ1v) is 8.64. The molecule has 2 rings (SSSR count). The predicted molar refractivity (Wildman–Crippen MR) is 101 cm³/mol. The Morgan fingerprint density at radius 2 is 1.62 bits per heavy atom. The molecule has 2 aromatic carbocycles. The summed E-state index contributed by atoms with van der Waals surface area (Å²) in [7, 11) is 0. The van der Waals surface area contributed by atoms with Gasteiger partial charge in [-0.15, -0.1) is 0 Å². The summed E-state index contributed by atoms with van der Waals surface area (Å²) in [5, 5.41) is 3.66. The van der Waals surface area contributed by atoms with Gasteiger partial charge in [0, 0.05) is 0 Å². The molecule has 0 bridgehead atoms. The fourth-order valence-electron chi connectivity index (χ4n) is 2.16. The van der Waals surface area contributed by atoms with Gasteiger partial charge in [0.1, 0.15) is 5.75 Å². The van der Waals surface area contributed by atoms with E-state index in [4.69, 9.17) is 39.5 Å². The highest BCUT2D eigenvalue weighted by atomic mass is 35.5. The van der Waals surface area contributed by atoms with Gasteiger partial charge in [-0.1, -0.05) is 66.8 Å². The lowest BCUT2D eigenvalue weighted by Crippen LogP contribution is -2.30. The van der Waals surface area contributed by atoms with E-state index < -0.39 is 6.10 Å². The number of anilines is 1. The average Bonchev–Trinajstić information content (AvgIpc) is 2.52. The monoisotopic (exact) mass is 385 g/mol. The Kier molecular flexibility index (Phi) is 6.39. The van der Waals surface area contributed by atoms with E-state index in [1.807, 2.05) is 24.3 Å². The molecule has 0 fully saturated rings. The van der Waals surface area contributed by atoms with Gasteiger partial charge in [-0.3, -0.25) is 4.79 Å². The van der Waals surface area contributed by atoms with Gasteiger partial charge >= 0.3 is 0 Å². The molecule has 0 heterocycles. The fraction of sp³-hybridized carbons (Fsp3) is 0.278. The van der Waals surface area contributed by atoms with Crippen molar-refractivity contribution in [2.75, 3.05) is 5.32 Å². The molecular weight excluding hydrogens is 369 g/mol. The number of carbonyl (C=O) groups excluding carboxylic acids is 1. The normalized spacial score (nSPS) is 12.1. The van der Waals surface area contributed by atoms with Crippen LogP contribution in [0.2, 0.25) is 15.1 Å². The molecule has 0 saturated carbocycles. The average molecular weight is 387 g/mol. The molecule has 6 heteroatoms. The highest BCUT2D eigenvalue weighted by Crippen LogP contribution is 2.32. The second kappa shape index (κ2) is 8.11. The highest BCUT2D eigenvalue weighted by Gasteiger charge is 2.19. The minimum absolute atomic E-state index is 0.293. The molecule has 1 atom stereocenters. The van der Waals surface area contributed by atoms with Crippen molar-refractivity contribution < 1.29 is 9.53 Å². The summed E-state index contributed by atoms with van der Waals surface area (Å²) in [5.41, 5.74) is 1.44. The summed E-state index contributed by atoms with van der Waals surface area (Å²) < 4.78 is 5.82. The van der Waals surface area contributed by atoms with Crippen LogP contribution in [0.25, 0.3) is 0 Å². The maximum atomic E-state index is 12.4. The molecule has 2 aromatic rings. The van der Waals surface area contributed by atoms with Gasteiger partial charge in [0.25, 0.3) is 5.91 Å². The van der Waals surface area contributed by atoms with Crippen LogP contribution in [-0.2, 0) is 4.79 Å².